The lowest BCUT2D eigenvalue weighted by molar-refractivity contribution is -0.131. The Bertz CT molecular complexity index is 1580. The summed E-state index contributed by atoms with van der Waals surface area (Å²) in [6, 6.07) is 18.7. The van der Waals surface area contributed by atoms with E-state index < -0.39 is 23.2 Å². The van der Waals surface area contributed by atoms with Gasteiger partial charge in [0.1, 0.15) is 5.60 Å². The average molecular weight is 572 g/mol. The summed E-state index contributed by atoms with van der Waals surface area (Å²) in [5.74, 6) is -0.407. The summed E-state index contributed by atoms with van der Waals surface area (Å²) in [7, 11) is 1.80. The summed E-state index contributed by atoms with van der Waals surface area (Å²) < 4.78 is 10.8. The molecule has 0 radical (unpaired) electrons. The number of fused-ring (bicyclic) bond motifs is 1. The Hall–Kier alpha value is -4.73. The molecular formula is C32H37N5O5. The molecular weight excluding hydrogens is 534 g/mol. The Kier molecular flexibility index (Phi) is 9.57. The summed E-state index contributed by atoms with van der Waals surface area (Å²) in [4.78, 5) is 49.2. The number of aromatic nitrogens is 2. The molecule has 0 spiro atoms. The predicted octanol–water partition coefficient (Wildman–Crippen LogP) is 5.53. The molecule has 0 fully saturated rings. The number of nitrogens with zero attached hydrogens (tertiary/aromatic N) is 3. The van der Waals surface area contributed by atoms with Gasteiger partial charge in [-0.3, -0.25) is 15.1 Å². The van der Waals surface area contributed by atoms with Crippen molar-refractivity contribution in [3.63, 3.8) is 0 Å². The van der Waals surface area contributed by atoms with Gasteiger partial charge in [-0.05, 0) is 69.5 Å². The number of benzene rings is 2. The summed E-state index contributed by atoms with van der Waals surface area (Å²) in [5.41, 5.74) is 1.97. The monoisotopic (exact) mass is 571 g/mol. The molecule has 0 aliphatic rings. The Morgan fingerprint density at radius 1 is 1.05 bits per heavy atom. The lowest BCUT2D eigenvalue weighted by atomic mass is 9.94. The number of anilines is 2. The third kappa shape index (κ3) is 7.93. The first kappa shape index (κ1) is 30.2. The van der Waals surface area contributed by atoms with Crippen LogP contribution in [0.25, 0.3) is 10.9 Å². The van der Waals surface area contributed by atoms with Gasteiger partial charge < -0.3 is 19.4 Å². The number of carbonyl (C=O) groups excluding carboxylic acids is 2. The molecule has 2 N–H and O–H groups in total. The van der Waals surface area contributed by atoms with Crippen LogP contribution >= 0.6 is 0 Å². The highest BCUT2D eigenvalue weighted by molar-refractivity contribution is 5.93. The molecule has 0 aliphatic carbocycles. The van der Waals surface area contributed by atoms with E-state index in [9.17, 15) is 14.4 Å². The van der Waals surface area contributed by atoms with E-state index in [1.165, 1.54) is 0 Å². The van der Waals surface area contributed by atoms with Gasteiger partial charge >= 0.3 is 11.7 Å². The molecule has 2 heterocycles. The maximum Gasteiger partial charge on any atom is 0.412 e. The number of carbonyl (C=O) groups is 2. The fourth-order valence-electron chi connectivity index (χ4n) is 4.59. The van der Waals surface area contributed by atoms with Crippen molar-refractivity contribution < 1.29 is 18.7 Å². The van der Waals surface area contributed by atoms with Gasteiger partial charge in [0.2, 0.25) is 5.91 Å². The van der Waals surface area contributed by atoms with Gasteiger partial charge in [0.15, 0.2) is 0 Å². The molecule has 2 aromatic heterocycles. The van der Waals surface area contributed by atoms with Crippen LogP contribution < -0.4 is 16.3 Å². The van der Waals surface area contributed by atoms with Gasteiger partial charge in [-0.15, -0.1) is 0 Å². The highest BCUT2D eigenvalue weighted by atomic mass is 16.6. The maximum atomic E-state index is 13.5. The van der Waals surface area contributed by atoms with E-state index >= 15 is 0 Å². The smallest absolute Gasteiger partial charge is 0.412 e. The van der Waals surface area contributed by atoms with Crippen molar-refractivity contribution in [2.75, 3.05) is 30.8 Å². The molecule has 0 bridgehead atoms. The minimum absolute atomic E-state index is 0.00695. The highest BCUT2D eigenvalue weighted by Gasteiger charge is 2.24. The largest absolute Gasteiger partial charge is 0.444 e. The summed E-state index contributed by atoms with van der Waals surface area (Å²) in [5, 5.41) is 6.01. The number of rotatable bonds is 10. The Balaban J connectivity index is 1.45. The lowest BCUT2D eigenvalue weighted by Gasteiger charge is -2.24. The highest BCUT2D eigenvalue weighted by Crippen LogP contribution is 2.25. The maximum absolute atomic E-state index is 13.5. The molecule has 0 saturated carbocycles. The van der Waals surface area contributed by atoms with E-state index in [2.05, 4.69) is 20.6 Å². The summed E-state index contributed by atoms with van der Waals surface area (Å²) >= 11 is 0. The summed E-state index contributed by atoms with van der Waals surface area (Å²) in [6.45, 7) is 7.91. The van der Waals surface area contributed by atoms with E-state index in [0.29, 0.717) is 42.7 Å². The summed E-state index contributed by atoms with van der Waals surface area (Å²) in [6.07, 6.45) is 2.24. The molecule has 1 unspecified atom stereocenters. The zero-order valence-corrected chi connectivity index (χ0v) is 24.6. The number of hydrogen-bond donors (Lipinski definition) is 2. The quantitative estimate of drug-likeness (QED) is 0.255. The second-order valence-electron chi connectivity index (χ2n) is 11.1. The van der Waals surface area contributed by atoms with Crippen molar-refractivity contribution in [2.24, 2.45) is 0 Å². The van der Waals surface area contributed by atoms with Crippen LogP contribution in [0.5, 0.6) is 0 Å². The van der Waals surface area contributed by atoms with Crippen molar-refractivity contribution in [1.82, 2.24) is 14.9 Å². The number of ether oxygens (including phenoxy) is 1. The van der Waals surface area contributed by atoms with Gasteiger partial charge in [-0.25, -0.2) is 9.59 Å². The van der Waals surface area contributed by atoms with Gasteiger partial charge in [0.25, 0.3) is 6.01 Å². The number of pyridine rings is 1. The number of hydrogen-bond acceptors (Lipinski definition) is 8. The molecule has 2 amide bonds. The first-order valence-corrected chi connectivity index (χ1v) is 13.9. The minimum atomic E-state index is -0.658. The van der Waals surface area contributed by atoms with Crippen LogP contribution in [0.15, 0.2) is 76.1 Å². The fraction of sp³-hybridized carbons (Fsp3) is 0.344. The van der Waals surface area contributed by atoms with Crippen LogP contribution in [0.2, 0.25) is 0 Å². The number of likely N-dealkylation sites (N-methyl/N-ethyl adjacent to an activating group) is 1. The zero-order valence-electron chi connectivity index (χ0n) is 24.6. The fourth-order valence-corrected chi connectivity index (χ4v) is 4.59. The van der Waals surface area contributed by atoms with Crippen LogP contribution in [-0.2, 0) is 16.0 Å². The van der Waals surface area contributed by atoms with E-state index in [1.807, 2.05) is 48.5 Å². The third-order valence-corrected chi connectivity index (χ3v) is 6.71. The van der Waals surface area contributed by atoms with Crippen LogP contribution in [0.4, 0.5) is 16.5 Å². The minimum Gasteiger partial charge on any atom is -0.444 e. The van der Waals surface area contributed by atoms with Crippen molar-refractivity contribution in [1.29, 1.82) is 0 Å². The van der Waals surface area contributed by atoms with E-state index in [0.717, 1.165) is 11.3 Å². The first-order chi connectivity index (χ1) is 20.0. The van der Waals surface area contributed by atoms with E-state index in [4.69, 9.17) is 9.15 Å². The second kappa shape index (κ2) is 13.3. The first-order valence-electron chi connectivity index (χ1n) is 13.9. The van der Waals surface area contributed by atoms with Crippen LogP contribution in [0.3, 0.4) is 0 Å². The number of nitrogens with one attached hydrogen (secondary N) is 2. The van der Waals surface area contributed by atoms with Gasteiger partial charge in [-0.2, -0.15) is 4.98 Å². The van der Waals surface area contributed by atoms with Gasteiger partial charge in [0, 0.05) is 44.1 Å². The van der Waals surface area contributed by atoms with Crippen molar-refractivity contribution in [2.45, 2.75) is 52.1 Å². The number of amides is 2. The average Bonchev–Trinajstić information content (AvgIpc) is 2.95. The molecule has 220 valence electrons. The van der Waals surface area contributed by atoms with E-state index in [-0.39, 0.29) is 17.3 Å². The molecule has 0 saturated heterocycles. The Labute approximate surface area is 245 Å². The molecule has 0 aliphatic heterocycles. The predicted molar refractivity (Wildman–Crippen MR) is 163 cm³/mol. The van der Waals surface area contributed by atoms with Crippen molar-refractivity contribution in [3.05, 3.63) is 94.1 Å². The Morgan fingerprint density at radius 3 is 2.48 bits per heavy atom. The molecule has 42 heavy (non-hydrogen) atoms. The van der Waals surface area contributed by atoms with Gasteiger partial charge in [0.05, 0.1) is 16.8 Å². The molecule has 2 aromatic carbocycles. The van der Waals surface area contributed by atoms with Crippen LogP contribution in [0, 0.1) is 6.92 Å². The van der Waals surface area contributed by atoms with Crippen LogP contribution in [-0.4, -0.2) is 52.6 Å². The van der Waals surface area contributed by atoms with Crippen molar-refractivity contribution in [3.8, 4) is 0 Å². The number of aryl methyl sites for hydroxylation is 1. The molecule has 4 rings (SSSR count). The zero-order chi connectivity index (χ0) is 30.3. The molecule has 10 heteroatoms. The van der Waals surface area contributed by atoms with Crippen LogP contribution in [0.1, 0.15) is 49.9 Å². The topological polar surface area (TPSA) is 127 Å². The Morgan fingerprint density at radius 2 is 1.79 bits per heavy atom. The van der Waals surface area contributed by atoms with E-state index in [1.54, 1.807) is 58.0 Å². The second-order valence-corrected chi connectivity index (χ2v) is 11.1. The molecule has 10 nitrogen and oxygen atoms in total. The third-order valence-electron chi connectivity index (χ3n) is 6.71. The normalized spacial score (nSPS) is 12.0. The molecule has 1 atom stereocenters. The van der Waals surface area contributed by atoms with Crippen molar-refractivity contribution >= 4 is 34.6 Å². The standard InChI is InChI=1S/C32H37N5O5/c1-21-25(36-31(40)42-32(2,3)4)14-15-26-27(21)29(39)41-30(35-26)34-19-16-24(22-11-7-6-8-12-22)28(38)37(5)20-17-23-13-9-10-18-33-23/h6-15,18,24H,16-17,19-20H2,1-5H3,(H,34,35)(H,36,40). The SMILES string of the molecule is Cc1c(NC(=O)OC(C)(C)C)ccc2nc(NCCC(C(=O)N(C)CCc3ccccn3)c3ccccc3)oc(=O)c12. The molecule has 4 aromatic rings. The van der Waals surface area contributed by atoms with Gasteiger partial charge in [-0.1, -0.05) is 36.4 Å². The lowest BCUT2D eigenvalue weighted by Crippen LogP contribution is -2.34.